The van der Waals surface area contributed by atoms with Crippen molar-refractivity contribution >= 4 is 5.82 Å². The number of piperidine rings is 1. The lowest BCUT2D eigenvalue weighted by molar-refractivity contribution is 0.115. The Morgan fingerprint density at radius 3 is 2.85 bits per heavy atom. The van der Waals surface area contributed by atoms with Gasteiger partial charge in [-0.1, -0.05) is 12.5 Å². The van der Waals surface area contributed by atoms with Crippen LogP contribution in [0, 0.1) is 0 Å². The van der Waals surface area contributed by atoms with E-state index in [9.17, 15) is 0 Å². The highest BCUT2D eigenvalue weighted by Gasteiger charge is 2.33. The molecule has 0 saturated carbocycles. The van der Waals surface area contributed by atoms with Crippen molar-refractivity contribution in [2.75, 3.05) is 24.5 Å². The van der Waals surface area contributed by atoms with Crippen molar-refractivity contribution in [1.29, 1.82) is 0 Å². The van der Waals surface area contributed by atoms with Crippen molar-refractivity contribution in [3.63, 3.8) is 0 Å². The van der Waals surface area contributed by atoms with Gasteiger partial charge in [0.05, 0.1) is 0 Å². The van der Waals surface area contributed by atoms with Crippen molar-refractivity contribution in [1.82, 2.24) is 9.88 Å². The summed E-state index contributed by atoms with van der Waals surface area (Å²) in [6, 6.07) is 5.57. The number of fused-ring (bicyclic) bond motifs is 1. The molecule has 110 valence electrons. The van der Waals surface area contributed by atoms with Crippen molar-refractivity contribution in [2.45, 2.75) is 51.2 Å². The molecule has 2 aliphatic heterocycles. The van der Waals surface area contributed by atoms with E-state index in [1.54, 1.807) is 0 Å². The third kappa shape index (κ3) is 2.67. The van der Waals surface area contributed by atoms with Gasteiger partial charge in [-0.05, 0) is 44.9 Å². The molecule has 0 spiro atoms. The Morgan fingerprint density at radius 1 is 1.30 bits per heavy atom. The van der Waals surface area contributed by atoms with Crippen molar-refractivity contribution in [2.24, 2.45) is 5.73 Å². The van der Waals surface area contributed by atoms with E-state index < -0.39 is 0 Å². The zero-order valence-electron chi connectivity index (χ0n) is 12.6. The second-order valence-electron chi connectivity index (χ2n) is 6.38. The monoisotopic (exact) mass is 274 g/mol. The Balaban J connectivity index is 1.75. The quantitative estimate of drug-likeness (QED) is 0.897. The first-order valence-electron chi connectivity index (χ1n) is 7.87. The predicted molar refractivity (Wildman–Crippen MR) is 82.9 cm³/mol. The molecule has 4 nitrogen and oxygen atoms in total. The van der Waals surface area contributed by atoms with Gasteiger partial charge in [0.2, 0.25) is 0 Å². The molecule has 0 amide bonds. The molecule has 3 rings (SSSR count). The van der Waals surface area contributed by atoms with Gasteiger partial charge in [0.25, 0.3) is 0 Å². The Morgan fingerprint density at radius 2 is 2.15 bits per heavy atom. The van der Waals surface area contributed by atoms with Crippen LogP contribution in [0.5, 0.6) is 0 Å². The van der Waals surface area contributed by atoms with E-state index in [2.05, 4.69) is 33.8 Å². The molecule has 1 aromatic heterocycles. The molecule has 4 heteroatoms. The minimum Gasteiger partial charge on any atom is -0.351 e. The van der Waals surface area contributed by atoms with Gasteiger partial charge in [-0.15, -0.1) is 0 Å². The molecular weight excluding hydrogens is 248 g/mol. The number of anilines is 1. The summed E-state index contributed by atoms with van der Waals surface area (Å²) in [5, 5.41) is 0. The number of nitrogens with two attached hydrogens (primary N) is 1. The fourth-order valence-corrected chi connectivity index (χ4v) is 3.51. The van der Waals surface area contributed by atoms with Crippen molar-refractivity contribution in [3.05, 3.63) is 23.9 Å². The molecule has 2 aliphatic rings. The second-order valence-corrected chi connectivity index (χ2v) is 6.38. The number of nitrogens with zero attached hydrogens (tertiary/aromatic N) is 3. The molecule has 20 heavy (non-hydrogen) atoms. The molecule has 0 aromatic carbocycles. The summed E-state index contributed by atoms with van der Waals surface area (Å²) in [5.74, 6) is 1.10. The van der Waals surface area contributed by atoms with Gasteiger partial charge in [0.1, 0.15) is 5.82 Å². The standard InChI is InChI=1S/C16H26N4/c1-12-10-19-8-4-3-5-15(19)11-20(12)16-7-6-14(9-18-16)13(2)17/h6-7,9,12-13,15H,3-5,8,10-11,17H2,1-2H3/t12?,13-,15?/m0/s1. The van der Waals surface area contributed by atoms with Crippen LogP contribution in [-0.2, 0) is 0 Å². The fraction of sp³-hybridized carbons (Fsp3) is 0.688. The van der Waals surface area contributed by atoms with Gasteiger partial charge in [-0.25, -0.2) is 4.98 Å². The minimum atomic E-state index is 0.0594. The van der Waals surface area contributed by atoms with E-state index in [1.165, 1.54) is 32.4 Å². The fourth-order valence-electron chi connectivity index (χ4n) is 3.51. The topological polar surface area (TPSA) is 45.4 Å². The van der Waals surface area contributed by atoms with Crippen LogP contribution in [0.15, 0.2) is 18.3 Å². The Kier molecular flexibility index (Phi) is 3.94. The average molecular weight is 274 g/mol. The highest BCUT2D eigenvalue weighted by molar-refractivity contribution is 5.42. The van der Waals surface area contributed by atoms with E-state index in [1.807, 2.05) is 13.1 Å². The van der Waals surface area contributed by atoms with Gasteiger partial charge in [-0.2, -0.15) is 0 Å². The van der Waals surface area contributed by atoms with E-state index >= 15 is 0 Å². The summed E-state index contributed by atoms with van der Waals surface area (Å²) < 4.78 is 0. The van der Waals surface area contributed by atoms with Gasteiger partial charge < -0.3 is 10.6 Å². The minimum absolute atomic E-state index is 0.0594. The Hall–Kier alpha value is -1.13. The van der Waals surface area contributed by atoms with Crippen LogP contribution >= 0.6 is 0 Å². The zero-order chi connectivity index (χ0) is 14.1. The van der Waals surface area contributed by atoms with Crippen LogP contribution in [-0.4, -0.2) is 41.6 Å². The number of pyridine rings is 1. The van der Waals surface area contributed by atoms with Crippen LogP contribution in [0.1, 0.15) is 44.7 Å². The highest BCUT2D eigenvalue weighted by atomic mass is 15.3. The number of rotatable bonds is 2. The number of hydrogen-bond donors (Lipinski definition) is 1. The van der Waals surface area contributed by atoms with Crippen LogP contribution in [0.4, 0.5) is 5.82 Å². The lowest BCUT2D eigenvalue weighted by Gasteiger charge is -2.48. The number of hydrogen-bond acceptors (Lipinski definition) is 4. The largest absolute Gasteiger partial charge is 0.351 e. The maximum Gasteiger partial charge on any atom is 0.128 e. The Bertz CT molecular complexity index is 442. The molecular formula is C16H26N4. The normalized spacial score (nSPS) is 29.1. The van der Waals surface area contributed by atoms with E-state index in [4.69, 9.17) is 5.73 Å². The Labute approximate surface area is 122 Å². The van der Waals surface area contributed by atoms with Gasteiger partial charge in [0.15, 0.2) is 0 Å². The van der Waals surface area contributed by atoms with Gasteiger partial charge in [0, 0.05) is 37.4 Å². The summed E-state index contributed by atoms with van der Waals surface area (Å²) in [6.45, 7) is 7.87. The predicted octanol–water partition coefficient (Wildman–Crippen LogP) is 2.16. The van der Waals surface area contributed by atoms with E-state index in [0.717, 1.165) is 24.0 Å². The zero-order valence-corrected chi connectivity index (χ0v) is 12.6. The van der Waals surface area contributed by atoms with Crippen LogP contribution < -0.4 is 10.6 Å². The highest BCUT2D eigenvalue weighted by Crippen LogP contribution is 2.27. The van der Waals surface area contributed by atoms with Gasteiger partial charge in [-0.3, -0.25) is 4.90 Å². The number of piperazine rings is 1. The van der Waals surface area contributed by atoms with Crippen LogP contribution in [0.2, 0.25) is 0 Å². The molecule has 0 radical (unpaired) electrons. The summed E-state index contributed by atoms with van der Waals surface area (Å²) in [7, 11) is 0. The smallest absolute Gasteiger partial charge is 0.128 e. The van der Waals surface area contributed by atoms with Crippen molar-refractivity contribution < 1.29 is 0 Å². The SMILES string of the molecule is CC1CN2CCCCC2CN1c1ccc([C@H](C)N)cn1. The summed E-state index contributed by atoms with van der Waals surface area (Å²) >= 11 is 0. The molecule has 2 N–H and O–H groups in total. The third-order valence-corrected chi connectivity index (χ3v) is 4.78. The molecule has 2 saturated heterocycles. The first-order valence-corrected chi connectivity index (χ1v) is 7.87. The second kappa shape index (κ2) is 5.70. The molecule has 3 atom stereocenters. The molecule has 2 fully saturated rings. The van der Waals surface area contributed by atoms with E-state index in [-0.39, 0.29) is 6.04 Å². The average Bonchev–Trinajstić information content (AvgIpc) is 2.46. The first kappa shape index (κ1) is 13.8. The molecule has 0 aliphatic carbocycles. The molecule has 0 bridgehead atoms. The maximum atomic E-state index is 5.90. The lowest BCUT2D eigenvalue weighted by Crippen LogP contribution is -2.59. The molecule has 2 unspecified atom stereocenters. The van der Waals surface area contributed by atoms with Crippen LogP contribution in [0.25, 0.3) is 0 Å². The maximum absolute atomic E-state index is 5.90. The first-order chi connectivity index (χ1) is 9.65. The molecule has 3 heterocycles. The summed E-state index contributed by atoms with van der Waals surface area (Å²) in [6.07, 6.45) is 6.01. The summed E-state index contributed by atoms with van der Waals surface area (Å²) in [5.41, 5.74) is 7.01. The van der Waals surface area contributed by atoms with Crippen LogP contribution in [0.3, 0.4) is 0 Å². The third-order valence-electron chi connectivity index (χ3n) is 4.78. The van der Waals surface area contributed by atoms with Gasteiger partial charge >= 0.3 is 0 Å². The van der Waals surface area contributed by atoms with Crippen molar-refractivity contribution in [3.8, 4) is 0 Å². The lowest BCUT2D eigenvalue weighted by atomic mass is 9.97. The number of aromatic nitrogens is 1. The summed E-state index contributed by atoms with van der Waals surface area (Å²) in [4.78, 5) is 9.78. The van der Waals surface area contributed by atoms with E-state index in [0.29, 0.717) is 6.04 Å². The molecule has 1 aromatic rings.